The SMILES string of the molecule is COc1cc(Cl)cc(CCN)c1OCOCC(F)(F)F. The van der Waals surface area contributed by atoms with Crippen LogP contribution in [0.1, 0.15) is 5.56 Å². The first kappa shape index (κ1) is 16.9. The van der Waals surface area contributed by atoms with E-state index < -0.39 is 19.6 Å². The molecule has 20 heavy (non-hydrogen) atoms. The van der Waals surface area contributed by atoms with E-state index in [0.29, 0.717) is 29.3 Å². The molecule has 1 aromatic rings. The van der Waals surface area contributed by atoms with Crippen LogP contribution >= 0.6 is 11.6 Å². The molecule has 114 valence electrons. The Bertz CT molecular complexity index is 441. The Morgan fingerprint density at radius 1 is 1.30 bits per heavy atom. The van der Waals surface area contributed by atoms with E-state index in [1.807, 2.05) is 0 Å². The first-order chi connectivity index (χ1) is 9.37. The van der Waals surface area contributed by atoms with Crippen LogP contribution in [0.4, 0.5) is 13.2 Å². The van der Waals surface area contributed by atoms with Crippen LogP contribution in [0, 0.1) is 0 Å². The summed E-state index contributed by atoms with van der Waals surface area (Å²) in [5.74, 6) is 0.598. The monoisotopic (exact) mass is 313 g/mol. The Kier molecular flexibility index (Phi) is 6.38. The fourth-order valence-corrected chi connectivity index (χ4v) is 1.77. The van der Waals surface area contributed by atoms with Crippen LogP contribution in [-0.4, -0.2) is 33.2 Å². The van der Waals surface area contributed by atoms with E-state index >= 15 is 0 Å². The molecule has 0 aromatic heterocycles. The molecule has 0 bridgehead atoms. The molecule has 0 saturated heterocycles. The molecule has 0 atom stereocenters. The van der Waals surface area contributed by atoms with Crippen molar-refractivity contribution in [2.45, 2.75) is 12.6 Å². The molecule has 2 N–H and O–H groups in total. The number of hydrogen-bond acceptors (Lipinski definition) is 4. The molecular weight excluding hydrogens is 299 g/mol. The Balaban J connectivity index is 2.76. The van der Waals surface area contributed by atoms with E-state index in [9.17, 15) is 13.2 Å². The number of ether oxygens (including phenoxy) is 3. The molecule has 0 spiro atoms. The van der Waals surface area contributed by atoms with E-state index in [0.717, 1.165) is 0 Å². The first-order valence-electron chi connectivity index (χ1n) is 5.71. The molecule has 0 amide bonds. The van der Waals surface area contributed by atoms with Crippen molar-refractivity contribution in [1.29, 1.82) is 0 Å². The number of methoxy groups -OCH3 is 1. The maximum Gasteiger partial charge on any atom is 0.411 e. The predicted octanol–water partition coefficient (Wildman–Crippen LogP) is 2.77. The molecule has 0 aliphatic rings. The minimum Gasteiger partial charge on any atom is -0.493 e. The molecule has 0 aliphatic heterocycles. The van der Waals surface area contributed by atoms with Crippen LogP contribution in [0.5, 0.6) is 11.5 Å². The van der Waals surface area contributed by atoms with Gasteiger partial charge in [0.15, 0.2) is 18.3 Å². The topological polar surface area (TPSA) is 53.7 Å². The van der Waals surface area contributed by atoms with Gasteiger partial charge in [-0.15, -0.1) is 0 Å². The van der Waals surface area contributed by atoms with Gasteiger partial charge in [-0.25, -0.2) is 0 Å². The summed E-state index contributed by atoms with van der Waals surface area (Å²) in [6.07, 6.45) is -3.95. The van der Waals surface area contributed by atoms with Gasteiger partial charge in [-0.2, -0.15) is 13.2 Å². The van der Waals surface area contributed by atoms with Crippen molar-refractivity contribution >= 4 is 11.6 Å². The third kappa shape index (κ3) is 5.44. The Hall–Kier alpha value is -1.18. The molecule has 1 rings (SSSR count). The summed E-state index contributed by atoms with van der Waals surface area (Å²) in [6, 6.07) is 3.12. The highest BCUT2D eigenvalue weighted by molar-refractivity contribution is 6.30. The zero-order valence-electron chi connectivity index (χ0n) is 10.8. The van der Waals surface area contributed by atoms with E-state index in [1.54, 1.807) is 6.07 Å². The second kappa shape index (κ2) is 7.56. The van der Waals surface area contributed by atoms with Crippen LogP contribution in [0.2, 0.25) is 5.02 Å². The average molecular weight is 314 g/mol. The summed E-state index contributed by atoms with van der Waals surface area (Å²) in [5, 5.41) is 0.425. The summed E-state index contributed by atoms with van der Waals surface area (Å²) in [5.41, 5.74) is 6.11. The maximum atomic E-state index is 11.9. The van der Waals surface area contributed by atoms with Crippen molar-refractivity contribution in [1.82, 2.24) is 0 Å². The van der Waals surface area contributed by atoms with Crippen LogP contribution in [0.3, 0.4) is 0 Å². The smallest absolute Gasteiger partial charge is 0.411 e. The predicted molar refractivity (Wildman–Crippen MR) is 68.3 cm³/mol. The van der Waals surface area contributed by atoms with Gasteiger partial charge in [0, 0.05) is 16.7 Å². The fraction of sp³-hybridized carbons (Fsp3) is 0.500. The van der Waals surface area contributed by atoms with Gasteiger partial charge < -0.3 is 19.9 Å². The average Bonchev–Trinajstić information content (AvgIpc) is 2.35. The Morgan fingerprint density at radius 3 is 2.55 bits per heavy atom. The van der Waals surface area contributed by atoms with Crippen LogP contribution in [0.25, 0.3) is 0 Å². The third-order valence-corrected chi connectivity index (χ3v) is 2.50. The fourth-order valence-electron chi connectivity index (χ4n) is 1.54. The maximum absolute atomic E-state index is 11.9. The van der Waals surface area contributed by atoms with Crippen LogP contribution < -0.4 is 15.2 Å². The van der Waals surface area contributed by atoms with Crippen LogP contribution in [-0.2, 0) is 11.2 Å². The highest BCUT2D eigenvalue weighted by atomic mass is 35.5. The van der Waals surface area contributed by atoms with Gasteiger partial charge in [-0.1, -0.05) is 11.6 Å². The van der Waals surface area contributed by atoms with E-state index in [4.69, 9.17) is 26.8 Å². The second-order valence-corrected chi connectivity index (χ2v) is 4.30. The van der Waals surface area contributed by atoms with Crippen molar-refractivity contribution in [2.75, 3.05) is 27.1 Å². The van der Waals surface area contributed by atoms with E-state index in [-0.39, 0.29) is 5.75 Å². The lowest BCUT2D eigenvalue weighted by Crippen LogP contribution is -2.19. The number of benzene rings is 1. The summed E-state index contributed by atoms with van der Waals surface area (Å²) >= 11 is 5.90. The molecule has 0 fully saturated rings. The second-order valence-electron chi connectivity index (χ2n) is 3.86. The minimum absolute atomic E-state index is 0.282. The molecule has 0 aliphatic carbocycles. The Labute approximate surface area is 119 Å². The van der Waals surface area contributed by atoms with Gasteiger partial charge in [0.25, 0.3) is 0 Å². The van der Waals surface area contributed by atoms with Crippen molar-refractivity contribution < 1.29 is 27.4 Å². The van der Waals surface area contributed by atoms with Gasteiger partial charge in [-0.05, 0) is 19.0 Å². The molecule has 8 heteroatoms. The quantitative estimate of drug-likeness (QED) is 0.621. The van der Waals surface area contributed by atoms with Gasteiger partial charge in [0.1, 0.15) is 6.61 Å². The normalized spacial score (nSPS) is 11.5. The number of rotatable bonds is 7. The molecule has 0 heterocycles. The summed E-state index contributed by atoms with van der Waals surface area (Å²) < 4.78 is 50.5. The number of alkyl halides is 3. The van der Waals surface area contributed by atoms with Gasteiger partial charge in [0.2, 0.25) is 0 Å². The van der Waals surface area contributed by atoms with E-state index in [2.05, 4.69) is 4.74 Å². The third-order valence-electron chi connectivity index (χ3n) is 2.28. The van der Waals surface area contributed by atoms with Crippen molar-refractivity contribution in [2.24, 2.45) is 5.73 Å². The van der Waals surface area contributed by atoms with Crippen molar-refractivity contribution in [3.05, 3.63) is 22.7 Å². The molecule has 0 saturated carbocycles. The number of halogens is 4. The molecule has 0 radical (unpaired) electrons. The summed E-state index contributed by atoms with van der Waals surface area (Å²) in [4.78, 5) is 0. The zero-order chi connectivity index (χ0) is 15.2. The highest BCUT2D eigenvalue weighted by Crippen LogP contribution is 2.35. The first-order valence-corrected chi connectivity index (χ1v) is 6.09. The molecule has 1 aromatic carbocycles. The largest absolute Gasteiger partial charge is 0.493 e. The van der Waals surface area contributed by atoms with Crippen LogP contribution in [0.15, 0.2) is 12.1 Å². The lowest BCUT2D eigenvalue weighted by atomic mass is 10.1. The molecule has 4 nitrogen and oxygen atoms in total. The van der Waals surface area contributed by atoms with Crippen molar-refractivity contribution in [3.63, 3.8) is 0 Å². The highest BCUT2D eigenvalue weighted by Gasteiger charge is 2.27. The minimum atomic E-state index is -4.40. The summed E-state index contributed by atoms with van der Waals surface area (Å²) in [6.45, 7) is -1.59. The van der Waals surface area contributed by atoms with Crippen molar-refractivity contribution in [3.8, 4) is 11.5 Å². The zero-order valence-corrected chi connectivity index (χ0v) is 11.6. The van der Waals surface area contributed by atoms with E-state index in [1.165, 1.54) is 13.2 Å². The lowest BCUT2D eigenvalue weighted by molar-refractivity contribution is -0.186. The van der Waals surface area contributed by atoms with Gasteiger partial charge in [0.05, 0.1) is 7.11 Å². The number of nitrogens with two attached hydrogens (primary N) is 1. The standard InChI is InChI=1S/C12H15ClF3NO3/c1-18-10-5-9(13)4-8(2-3-17)11(10)20-7-19-6-12(14,15)16/h4-5H,2-3,6-7,17H2,1H3. The van der Waals surface area contributed by atoms with Gasteiger partial charge >= 0.3 is 6.18 Å². The molecule has 0 unspecified atom stereocenters. The van der Waals surface area contributed by atoms with Gasteiger partial charge in [-0.3, -0.25) is 0 Å². The molecular formula is C12H15ClF3NO3. The number of hydrogen-bond donors (Lipinski definition) is 1. The Morgan fingerprint density at radius 2 is 2.00 bits per heavy atom. The lowest BCUT2D eigenvalue weighted by Gasteiger charge is -2.16. The summed E-state index contributed by atoms with van der Waals surface area (Å²) in [7, 11) is 1.40.